The summed E-state index contributed by atoms with van der Waals surface area (Å²) in [6.07, 6.45) is 2.64. The summed E-state index contributed by atoms with van der Waals surface area (Å²) in [6.45, 7) is 6.20. The number of rotatable bonds is 5. The Bertz CT molecular complexity index is 155. The summed E-state index contributed by atoms with van der Waals surface area (Å²) in [7, 11) is 0. The van der Waals surface area contributed by atoms with Crippen molar-refractivity contribution in [2.45, 2.75) is 46.1 Å². The molecule has 0 aliphatic rings. The van der Waals surface area contributed by atoms with Gasteiger partial charge in [0.1, 0.15) is 6.04 Å². The van der Waals surface area contributed by atoms with Gasteiger partial charge in [-0.15, -0.1) is 0 Å². The van der Waals surface area contributed by atoms with Crippen LogP contribution < -0.4 is 5.73 Å². The van der Waals surface area contributed by atoms with Gasteiger partial charge in [-0.25, -0.2) is 0 Å². The molecule has 12 heavy (non-hydrogen) atoms. The van der Waals surface area contributed by atoms with Crippen LogP contribution >= 0.6 is 0 Å². The highest BCUT2D eigenvalue weighted by Gasteiger charge is 2.23. The van der Waals surface area contributed by atoms with E-state index in [-0.39, 0.29) is 5.41 Å². The number of hydrogen-bond donors (Lipinski definition) is 2. The van der Waals surface area contributed by atoms with Gasteiger partial charge in [0.25, 0.3) is 0 Å². The van der Waals surface area contributed by atoms with Gasteiger partial charge in [-0.3, -0.25) is 4.79 Å². The molecular formula is C9H19NO2. The molecule has 72 valence electrons. The smallest absolute Gasteiger partial charge is 0.320 e. The number of carboxylic acids is 1. The summed E-state index contributed by atoms with van der Waals surface area (Å²) in [5.74, 6) is -0.904. The standard InChI is InChI=1S/C9H19NO2/c1-4-5-9(2,3)6-7(10)8(11)12/h7H,4-6,10H2,1-3H3,(H,11,12)/t7-/m0/s1. The quantitative estimate of drug-likeness (QED) is 0.664. The Morgan fingerprint density at radius 3 is 2.42 bits per heavy atom. The number of aliphatic carboxylic acids is 1. The van der Waals surface area contributed by atoms with E-state index in [1.165, 1.54) is 0 Å². The number of hydrogen-bond acceptors (Lipinski definition) is 2. The largest absolute Gasteiger partial charge is 0.480 e. The summed E-state index contributed by atoms with van der Waals surface area (Å²) in [5.41, 5.74) is 5.48. The Balaban J connectivity index is 3.95. The minimum Gasteiger partial charge on any atom is -0.480 e. The van der Waals surface area contributed by atoms with Gasteiger partial charge in [0.15, 0.2) is 0 Å². The maximum absolute atomic E-state index is 10.5. The number of carbonyl (C=O) groups is 1. The molecule has 0 aromatic heterocycles. The van der Waals surface area contributed by atoms with Gasteiger partial charge in [0.05, 0.1) is 0 Å². The highest BCUT2D eigenvalue weighted by Crippen LogP contribution is 2.27. The van der Waals surface area contributed by atoms with E-state index in [9.17, 15) is 4.79 Å². The molecule has 0 rings (SSSR count). The third-order valence-corrected chi connectivity index (χ3v) is 2.02. The van der Waals surface area contributed by atoms with E-state index in [1.54, 1.807) is 0 Å². The van der Waals surface area contributed by atoms with E-state index >= 15 is 0 Å². The van der Waals surface area contributed by atoms with Gasteiger partial charge >= 0.3 is 5.97 Å². The van der Waals surface area contributed by atoms with Crippen molar-refractivity contribution in [3.63, 3.8) is 0 Å². The fourth-order valence-corrected chi connectivity index (χ4v) is 1.46. The van der Waals surface area contributed by atoms with Crippen LogP contribution in [0.4, 0.5) is 0 Å². The van der Waals surface area contributed by atoms with Crippen LogP contribution in [0.5, 0.6) is 0 Å². The zero-order valence-electron chi connectivity index (χ0n) is 8.13. The molecule has 0 aliphatic heterocycles. The summed E-state index contributed by atoms with van der Waals surface area (Å²) < 4.78 is 0. The molecule has 1 atom stereocenters. The molecule has 0 fully saturated rings. The van der Waals surface area contributed by atoms with Crippen molar-refractivity contribution in [2.75, 3.05) is 0 Å². The number of carboxylic acid groups (broad SMARTS) is 1. The second-order valence-electron chi connectivity index (χ2n) is 4.06. The molecule has 0 saturated carbocycles. The van der Waals surface area contributed by atoms with E-state index in [0.717, 1.165) is 12.8 Å². The zero-order chi connectivity index (χ0) is 9.78. The number of nitrogens with two attached hydrogens (primary N) is 1. The first kappa shape index (κ1) is 11.4. The van der Waals surface area contributed by atoms with Crippen molar-refractivity contribution in [1.29, 1.82) is 0 Å². The fourth-order valence-electron chi connectivity index (χ4n) is 1.46. The molecule has 0 radical (unpaired) electrons. The highest BCUT2D eigenvalue weighted by atomic mass is 16.4. The second-order valence-corrected chi connectivity index (χ2v) is 4.06. The molecule has 0 unspecified atom stereocenters. The van der Waals surface area contributed by atoms with Crippen LogP contribution in [-0.4, -0.2) is 17.1 Å². The van der Waals surface area contributed by atoms with Crippen LogP contribution in [0.3, 0.4) is 0 Å². The first-order valence-electron chi connectivity index (χ1n) is 4.37. The van der Waals surface area contributed by atoms with Gasteiger partial charge in [0, 0.05) is 0 Å². The van der Waals surface area contributed by atoms with E-state index in [4.69, 9.17) is 10.8 Å². The van der Waals surface area contributed by atoms with Crippen molar-refractivity contribution < 1.29 is 9.90 Å². The predicted octanol–water partition coefficient (Wildman–Crippen LogP) is 1.61. The normalized spacial score (nSPS) is 14.3. The second kappa shape index (κ2) is 4.45. The highest BCUT2D eigenvalue weighted by molar-refractivity contribution is 5.73. The lowest BCUT2D eigenvalue weighted by molar-refractivity contribution is -0.139. The molecule has 0 amide bonds. The van der Waals surface area contributed by atoms with Crippen LogP contribution in [-0.2, 0) is 4.79 Å². The first-order chi connectivity index (χ1) is 5.39. The topological polar surface area (TPSA) is 63.3 Å². The molecule has 3 heteroatoms. The summed E-state index contributed by atoms with van der Waals surface area (Å²) in [6, 6.07) is -0.716. The third-order valence-electron chi connectivity index (χ3n) is 2.02. The van der Waals surface area contributed by atoms with Crippen molar-refractivity contribution >= 4 is 5.97 Å². The van der Waals surface area contributed by atoms with E-state index in [2.05, 4.69) is 20.8 Å². The molecule has 0 spiro atoms. The molecule has 3 N–H and O–H groups in total. The lowest BCUT2D eigenvalue weighted by Crippen LogP contribution is -2.35. The average molecular weight is 173 g/mol. The Morgan fingerprint density at radius 1 is 1.58 bits per heavy atom. The lowest BCUT2D eigenvalue weighted by Gasteiger charge is -2.25. The molecule has 0 aromatic carbocycles. The molecule has 0 aromatic rings. The molecular weight excluding hydrogens is 154 g/mol. The molecule has 0 heterocycles. The first-order valence-corrected chi connectivity index (χ1v) is 4.37. The SMILES string of the molecule is CCCC(C)(C)C[C@H](N)C(=O)O. The Kier molecular flexibility index (Phi) is 4.24. The van der Waals surface area contributed by atoms with Crippen LogP contribution in [0, 0.1) is 5.41 Å². The average Bonchev–Trinajstić information content (AvgIpc) is 1.85. The molecule has 0 aliphatic carbocycles. The predicted molar refractivity (Wildman–Crippen MR) is 48.9 cm³/mol. The van der Waals surface area contributed by atoms with Crippen molar-refractivity contribution in [3.05, 3.63) is 0 Å². The monoisotopic (exact) mass is 173 g/mol. The van der Waals surface area contributed by atoms with Crippen LogP contribution in [0.2, 0.25) is 0 Å². The fraction of sp³-hybridized carbons (Fsp3) is 0.889. The third kappa shape index (κ3) is 4.34. The van der Waals surface area contributed by atoms with Gasteiger partial charge in [-0.1, -0.05) is 27.2 Å². The van der Waals surface area contributed by atoms with Gasteiger partial charge in [-0.05, 0) is 18.3 Å². The van der Waals surface area contributed by atoms with Gasteiger partial charge < -0.3 is 10.8 Å². The minimum absolute atomic E-state index is 0.0482. The Morgan fingerprint density at radius 2 is 2.08 bits per heavy atom. The van der Waals surface area contributed by atoms with Gasteiger partial charge in [0.2, 0.25) is 0 Å². The molecule has 0 saturated heterocycles. The summed E-state index contributed by atoms with van der Waals surface area (Å²) in [4.78, 5) is 10.5. The van der Waals surface area contributed by atoms with E-state index in [0.29, 0.717) is 6.42 Å². The van der Waals surface area contributed by atoms with E-state index in [1.807, 2.05) is 0 Å². The Hall–Kier alpha value is -0.570. The molecule has 3 nitrogen and oxygen atoms in total. The maximum Gasteiger partial charge on any atom is 0.320 e. The van der Waals surface area contributed by atoms with Gasteiger partial charge in [-0.2, -0.15) is 0 Å². The molecule has 0 bridgehead atoms. The van der Waals surface area contributed by atoms with Crippen LogP contribution in [0.25, 0.3) is 0 Å². The summed E-state index contributed by atoms with van der Waals surface area (Å²) >= 11 is 0. The van der Waals surface area contributed by atoms with Crippen molar-refractivity contribution in [3.8, 4) is 0 Å². The summed E-state index contributed by atoms with van der Waals surface area (Å²) in [5, 5.41) is 8.59. The van der Waals surface area contributed by atoms with E-state index < -0.39 is 12.0 Å². The van der Waals surface area contributed by atoms with Crippen LogP contribution in [0.15, 0.2) is 0 Å². The van der Waals surface area contributed by atoms with Crippen molar-refractivity contribution in [2.24, 2.45) is 11.1 Å². The maximum atomic E-state index is 10.5. The lowest BCUT2D eigenvalue weighted by atomic mass is 9.82. The Labute approximate surface area is 74.0 Å². The van der Waals surface area contributed by atoms with Crippen molar-refractivity contribution in [1.82, 2.24) is 0 Å². The minimum atomic E-state index is -0.904. The zero-order valence-corrected chi connectivity index (χ0v) is 8.13. The van der Waals surface area contributed by atoms with Crippen LogP contribution in [0.1, 0.15) is 40.0 Å².